The summed E-state index contributed by atoms with van der Waals surface area (Å²) in [5.41, 5.74) is 0. The molecule has 24 heavy (non-hydrogen) atoms. The Morgan fingerprint density at radius 2 is 1.54 bits per heavy atom. The van der Waals surface area contributed by atoms with Gasteiger partial charge in [-0.15, -0.1) is 0 Å². The van der Waals surface area contributed by atoms with Gasteiger partial charge in [0.25, 0.3) is 0 Å². The van der Waals surface area contributed by atoms with Gasteiger partial charge in [0, 0.05) is 14.1 Å². The lowest BCUT2D eigenvalue weighted by Crippen LogP contribution is -2.41. The average molecular weight is 378 g/mol. The molecule has 0 aliphatic rings. The number of carbonyl (C=O) groups is 1. The maximum atomic E-state index is 12.3. The highest BCUT2D eigenvalue weighted by atomic mass is 32.2. The Morgan fingerprint density at radius 3 is 1.92 bits per heavy atom. The second kappa shape index (κ2) is 7.60. The van der Waals surface area contributed by atoms with Crippen molar-refractivity contribution >= 4 is 26.0 Å². The number of sulfonamides is 2. The molecule has 0 amide bonds. The smallest absolute Gasteiger partial charge is 0.321 e. The number of carboxylic acids is 1. The molecule has 1 aromatic carbocycles. The van der Waals surface area contributed by atoms with Crippen molar-refractivity contribution in [2.75, 3.05) is 14.1 Å². The van der Waals surface area contributed by atoms with Gasteiger partial charge in [-0.05, 0) is 36.6 Å². The Labute approximate surface area is 142 Å². The van der Waals surface area contributed by atoms with E-state index in [2.05, 4.69) is 4.72 Å². The van der Waals surface area contributed by atoms with Crippen molar-refractivity contribution in [3.8, 4) is 0 Å². The highest BCUT2D eigenvalue weighted by Gasteiger charge is 2.26. The molecule has 1 unspecified atom stereocenters. The number of benzene rings is 1. The van der Waals surface area contributed by atoms with Crippen molar-refractivity contribution in [3.05, 3.63) is 24.3 Å². The quantitative estimate of drug-likeness (QED) is 0.687. The van der Waals surface area contributed by atoms with E-state index in [9.17, 15) is 21.6 Å². The van der Waals surface area contributed by atoms with Gasteiger partial charge in [-0.3, -0.25) is 4.79 Å². The molecule has 0 fully saturated rings. The van der Waals surface area contributed by atoms with Crippen LogP contribution in [0.4, 0.5) is 0 Å². The third kappa shape index (κ3) is 5.00. The first kappa shape index (κ1) is 20.6. The molecular formula is C14H22N2O6S2. The highest BCUT2D eigenvalue weighted by Crippen LogP contribution is 2.17. The molecule has 0 radical (unpaired) electrons. The second-order valence-corrected chi connectivity index (χ2v) is 9.77. The monoisotopic (exact) mass is 378 g/mol. The van der Waals surface area contributed by atoms with Crippen LogP contribution in [0, 0.1) is 5.92 Å². The van der Waals surface area contributed by atoms with Crippen molar-refractivity contribution in [3.63, 3.8) is 0 Å². The maximum Gasteiger partial charge on any atom is 0.321 e. The Kier molecular flexibility index (Phi) is 6.51. The van der Waals surface area contributed by atoms with Gasteiger partial charge in [-0.1, -0.05) is 13.8 Å². The molecule has 0 bridgehead atoms. The van der Waals surface area contributed by atoms with Crippen LogP contribution in [0.1, 0.15) is 20.3 Å². The second-order valence-electron chi connectivity index (χ2n) is 5.90. The molecule has 136 valence electrons. The normalized spacial score (nSPS) is 14.1. The minimum absolute atomic E-state index is 0.0126. The third-order valence-electron chi connectivity index (χ3n) is 3.22. The van der Waals surface area contributed by atoms with Crippen LogP contribution < -0.4 is 4.72 Å². The Balaban J connectivity index is 3.10. The van der Waals surface area contributed by atoms with E-state index in [-0.39, 0.29) is 22.1 Å². The summed E-state index contributed by atoms with van der Waals surface area (Å²) in [6, 6.07) is 3.35. The summed E-state index contributed by atoms with van der Waals surface area (Å²) in [5, 5.41) is 9.13. The number of aliphatic carboxylic acids is 1. The summed E-state index contributed by atoms with van der Waals surface area (Å²) in [5.74, 6) is -1.28. The summed E-state index contributed by atoms with van der Waals surface area (Å²) in [6.07, 6.45) is 0.141. The van der Waals surface area contributed by atoms with Crippen LogP contribution in [0.2, 0.25) is 0 Å². The van der Waals surface area contributed by atoms with Gasteiger partial charge in [0.2, 0.25) is 20.0 Å². The van der Waals surface area contributed by atoms with Crippen LogP contribution in [0.15, 0.2) is 34.1 Å². The molecule has 8 nitrogen and oxygen atoms in total. The van der Waals surface area contributed by atoms with E-state index in [1.807, 2.05) is 0 Å². The first-order valence-corrected chi connectivity index (χ1v) is 10.1. The van der Waals surface area contributed by atoms with Crippen LogP contribution in [-0.4, -0.2) is 52.4 Å². The lowest BCUT2D eigenvalue weighted by molar-refractivity contribution is -0.139. The highest BCUT2D eigenvalue weighted by molar-refractivity contribution is 7.89. The molecular weight excluding hydrogens is 356 g/mol. The Morgan fingerprint density at radius 1 is 1.08 bits per heavy atom. The number of nitrogens with zero attached hydrogens (tertiary/aromatic N) is 1. The zero-order chi connectivity index (χ0) is 18.7. The lowest BCUT2D eigenvalue weighted by Gasteiger charge is -2.17. The van der Waals surface area contributed by atoms with Crippen molar-refractivity contribution in [1.82, 2.24) is 9.03 Å². The molecule has 0 saturated heterocycles. The zero-order valence-corrected chi connectivity index (χ0v) is 15.6. The molecule has 10 heteroatoms. The maximum absolute atomic E-state index is 12.3. The average Bonchev–Trinajstić information content (AvgIpc) is 2.45. The van der Waals surface area contributed by atoms with Gasteiger partial charge in [0.15, 0.2) is 0 Å². The van der Waals surface area contributed by atoms with Gasteiger partial charge < -0.3 is 5.11 Å². The predicted molar refractivity (Wildman–Crippen MR) is 88.5 cm³/mol. The van der Waals surface area contributed by atoms with Crippen LogP contribution >= 0.6 is 0 Å². The van der Waals surface area contributed by atoms with Crippen molar-refractivity contribution in [2.45, 2.75) is 36.1 Å². The Hall–Kier alpha value is -1.49. The molecule has 1 rings (SSSR count). The van der Waals surface area contributed by atoms with E-state index in [0.29, 0.717) is 0 Å². The standard InChI is InChI=1S/C14H22N2O6S2/c1-10(2)9-13(14(17)18)15-23(19,20)11-5-7-12(8-6-11)24(21,22)16(3)4/h5-8,10,13,15H,9H2,1-4H3,(H,17,18). The zero-order valence-electron chi connectivity index (χ0n) is 13.9. The van der Waals surface area contributed by atoms with Gasteiger partial charge in [0.1, 0.15) is 6.04 Å². The fourth-order valence-electron chi connectivity index (χ4n) is 1.93. The number of rotatable bonds is 8. The van der Waals surface area contributed by atoms with Gasteiger partial charge in [-0.2, -0.15) is 4.72 Å². The summed E-state index contributed by atoms with van der Waals surface area (Å²) in [7, 11) is -5.01. The SMILES string of the molecule is CC(C)CC(NS(=O)(=O)c1ccc(S(=O)(=O)N(C)C)cc1)C(=O)O. The van der Waals surface area contributed by atoms with Crippen LogP contribution in [0.3, 0.4) is 0 Å². The minimum Gasteiger partial charge on any atom is -0.480 e. The van der Waals surface area contributed by atoms with E-state index in [4.69, 9.17) is 5.11 Å². The summed E-state index contributed by atoms with van der Waals surface area (Å²) in [4.78, 5) is 10.9. The predicted octanol–water partition coefficient (Wildman–Crippen LogP) is 0.714. The van der Waals surface area contributed by atoms with E-state index in [0.717, 1.165) is 16.4 Å². The van der Waals surface area contributed by atoms with E-state index in [1.165, 1.54) is 26.2 Å². The van der Waals surface area contributed by atoms with E-state index in [1.54, 1.807) is 13.8 Å². The first-order chi connectivity index (χ1) is 10.9. The number of nitrogens with one attached hydrogen (secondary N) is 1. The summed E-state index contributed by atoms with van der Waals surface area (Å²) in [6.45, 7) is 3.57. The molecule has 2 N–H and O–H groups in total. The minimum atomic E-state index is -4.07. The molecule has 0 aliphatic heterocycles. The number of hydrogen-bond acceptors (Lipinski definition) is 5. The number of hydrogen-bond donors (Lipinski definition) is 2. The Bertz CT molecular complexity index is 783. The fraction of sp³-hybridized carbons (Fsp3) is 0.500. The molecule has 0 aromatic heterocycles. The first-order valence-electron chi connectivity index (χ1n) is 7.15. The van der Waals surface area contributed by atoms with Crippen molar-refractivity contribution in [1.29, 1.82) is 0 Å². The molecule has 0 heterocycles. The van der Waals surface area contributed by atoms with Crippen LogP contribution in [-0.2, 0) is 24.8 Å². The lowest BCUT2D eigenvalue weighted by atomic mass is 10.1. The van der Waals surface area contributed by atoms with E-state index >= 15 is 0 Å². The molecule has 1 aromatic rings. The van der Waals surface area contributed by atoms with Gasteiger partial charge >= 0.3 is 5.97 Å². The molecule has 0 spiro atoms. The van der Waals surface area contributed by atoms with Crippen LogP contribution in [0.25, 0.3) is 0 Å². The van der Waals surface area contributed by atoms with Crippen LogP contribution in [0.5, 0.6) is 0 Å². The molecule has 0 saturated carbocycles. The third-order valence-corrected chi connectivity index (χ3v) is 6.53. The summed E-state index contributed by atoms with van der Waals surface area (Å²) < 4.78 is 51.7. The largest absolute Gasteiger partial charge is 0.480 e. The van der Waals surface area contributed by atoms with Gasteiger partial charge in [-0.25, -0.2) is 21.1 Å². The molecule has 1 atom stereocenters. The molecule has 0 aliphatic carbocycles. The summed E-state index contributed by atoms with van der Waals surface area (Å²) >= 11 is 0. The fourth-order valence-corrected chi connectivity index (χ4v) is 4.03. The van der Waals surface area contributed by atoms with E-state index < -0.39 is 32.1 Å². The number of carboxylic acid groups (broad SMARTS) is 1. The van der Waals surface area contributed by atoms with Crippen molar-refractivity contribution in [2.24, 2.45) is 5.92 Å². The topological polar surface area (TPSA) is 121 Å². The van der Waals surface area contributed by atoms with Crippen molar-refractivity contribution < 1.29 is 26.7 Å². The van der Waals surface area contributed by atoms with Gasteiger partial charge in [0.05, 0.1) is 9.79 Å².